The molecular formula is C14H12F2N2O4S. The smallest absolute Gasteiger partial charge is 0.264 e. The first-order valence-corrected chi connectivity index (χ1v) is 7.93. The van der Waals surface area contributed by atoms with Crippen LogP contribution in [0.25, 0.3) is 0 Å². The number of benzene rings is 2. The molecule has 23 heavy (non-hydrogen) atoms. The number of hydrogen-bond donors (Lipinski definition) is 0. The molecule has 6 nitrogen and oxygen atoms in total. The zero-order chi connectivity index (χ0) is 17.2. The molecule has 0 heterocycles. The summed E-state index contributed by atoms with van der Waals surface area (Å²) >= 11 is 0. The number of halogens is 2. The molecule has 0 aliphatic rings. The van der Waals surface area contributed by atoms with E-state index in [2.05, 4.69) is 0 Å². The molecular weight excluding hydrogens is 330 g/mol. The fourth-order valence-corrected chi connectivity index (χ4v) is 3.50. The molecule has 0 aromatic heterocycles. The zero-order valence-electron chi connectivity index (χ0n) is 11.9. The Morgan fingerprint density at radius 3 is 2.22 bits per heavy atom. The number of nitro benzene ring substituents is 1. The quantitative estimate of drug-likeness (QED) is 0.618. The van der Waals surface area contributed by atoms with Crippen molar-refractivity contribution in [2.24, 2.45) is 0 Å². The molecule has 2 rings (SSSR count). The van der Waals surface area contributed by atoms with Crippen molar-refractivity contribution in [2.45, 2.75) is 11.8 Å². The highest BCUT2D eigenvalue weighted by Crippen LogP contribution is 2.27. The van der Waals surface area contributed by atoms with Crippen LogP contribution in [-0.2, 0) is 10.0 Å². The van der Waals surface area contributed by atoms with E-state index in [1.54, 1.807) is 0 Å². The second-order valence-electron chi connectivity index (χ2n) is 4.52. The molecule has 0 radical (unpaired) electrons. The number of sulfonamides is 1. The van der Waals surface area contributed by atoms with Crippen molar-refractivity contribution in [3.8, 4) is 0 Å². The summed E-state index contributed by atoms with van der Waals surface area (Å²) in [5, 5.41) is 10.6. The summed E-state index contributed by atoms with van der Waals surface area (Å²) in [7, 11) is -4.13. The standard InChI is InChI=1S/C14H12F2N2O4S/c1-2-17(14-8-3-10(15)9-13(14)16)23(21,22)12-6-4-11(5-7-12)18(19)20/h3-9H,2H2,1H3. The van der Waals surface area contributed by atoms with E-state index in [1.165, 1.54) is 6.92 Å². The summed E-state index contributed by atoms with van der Waals surface area (Å²) in [5.41, 5.74) is -0.563. The lowest BCUT2D eigenvalue weighted by atomic mass is 10.3. The molecule has 0 aliphatic heterocycles. The van der Waals surface area contributed by atoms with Crippen LogP contribution in [0.15, 0.2) is 47.4 Å². The summed E-state index contributed by atoms with van der Waals surface area (Å²) in [6.45, 7) is 1.40. The maximum absolute atomic E-state index is 13.9. The maximum atomic E-state index is 13.9. The van der Waals surface area contributed by atoms with Gasteiger partial charge in [0.25, 0.3) is 15.7 Å². The van der Waals surface area contributed by atoms with Gasteiger partial charge in [0.05, 0.1) is 15.5 Å². The molecule has 0 atom stereocenters. The SMILES string of the molecule is CCN(c1ccc(F)cc1F)S(=O)(=O)c1ccc([N+](=O)[O-])cc1. The van der Waals surface area contributed by atoms with Crippen molar-refractivity contribution in [2.75, 3.05) is 10.8 Å². The molecule has 2 aromatic rings. The second-order valence-corrected chi connectivity index (χ2v) is 6.38. The third kappa shape index (κ3) is 3.29. The van der Waals surface area contributed by atoms with Crippen LogP contribution in [0.2, 0.25) is 0 Å². The molecule has 0 N–H and O–H groups in total. The lowest BCUT2D eigenvalue weighted by Crippen LogP contribution is -2.31. The van der Waals surface area contributed by atoms with E-state index in [-0.39, 0.29) is 22.8 Å². The van der Waals surface area contributed by atoms with Gasteiger partial charge in [-0.3, -0.25) is 14.4 Å². The summed E-state index contributed by atoms with van der Waals surface area (Å²) in [4.78, 5) is 9.72. The van der Waals surface area contributed by atoms with Crippen molar-refractivity contribution in [1.82, 2.24) is 0 Å². The Morgan fingerprint density at radius 2 is 1.74 bits per heavy atom. The van der Waals surface area contributed by atoms with Crippen molar-refractivity contribution in [3.05, 3.63) is 64.2 Å². The van der Waals surface area contributed by atoms with E-state index in [0.29, 0.717) is 6.07 Å². The first-order chi connectivity index (χ1) is 10.8. The second kappa shape index (κ2) is 6.29. The van der Waals surface area contributed by atoms with Gasteiger partial charge in [-0.15, -0.1) is 0 Å². The molecule has 0 amide bonds. The molecule has 0 saturated heterocycles. The van der Waals surface area contributed by atoms with Gasteiger partial charge in [0.2, 0.25) is 0 Å². The van der Waals surface area contributed by atoms with Crippen LogP contribution < -0.4 is 4.31 Å². The largest absolute Gasteiger partial charge is 0.269 e. The monoisotopic (exact) mass is 342 g/mol. The number of nitrogens with zero attached hydrogens (tertiary/aromatic N) is 2. The number of rotatable bonds is 5. The lowest BCUT2D eigenvalue weighted by molar-refractivity contribution is -0.384. The van der Waals surface area contributed by atoms with Crippen LogP contribution in [0.5, 0.6) is 0 Å². The predicted octanol–water partition coefficient (Wildman–Crippen LogP) is 3.09. The Hall–Kier alpha value is -2.55. The molecule has 2 aromatic carbocycles. The molecule has 0 bridgehead atoms. The molecule has 0 fully saturated rings. The Morgan fingerprint density at radius 1 is 1.13 bits per heavy atom. The third-order valence-electron chi connectivity index (χ3n) is 3.10. The fraction of sp³-hybridized carbons (Fsp3) is 0.143. The normalized spacial score (nSPS) is 11.3. The van der Waals surface area contributed by atoms with Crippen LogP contribution >= 0.6 is 0 Å². The Bertz CT molecular complexity index is 838. The van der Waals surface area contributed by atoms with E-state index in [1.807, 2.05) is 0 Å². The first-order valence-electron chi connectivity index (χ1n) is 6.49. The molecule has 0 unspecified atom stereocenters. The number of nitro groups is 1. The van der Waals surface area contributed by atoms with Crippen LogP contribution in [0, 0.1) is 21.7 Å². The summed E-state index contributed by atoms with van der Waals surface area (Å²) in [6, 6.07) is 6.78. The van der Waals surface area contributed by atoms with Gasteiger partial charge in [-0.25, -0.2) is 17.2 Å². The highest BCUT2D eigenvalue weighted by atomic mass is 32.2. The highest BCUT2D eigenvalue weighted by molar-refractivity contribution is 7.92. The number of non-ortho nitro benzene ring substituents is 1. The van der Waals surface area contributed by atoms with Crippen molar-refractivity contribution in [3.63, 3.8) is 0 Å². The highest BCUT2D eigenvalue weighted by Gasteiger charge is 2.26. The van der Waals surface area contributed by atoms with Gasteiger partial charge >= 0.3 is 0 Å². The topological polar surface area (TPSA) is 80.5 Å². The Labute approximate surface area is 131 Å². The van der Waals surface area contributed by atoms with Crippen LogP contribution in [-0.4, -0.2) is 19.9 Å². The minimum absolute atomic E-state index is 0.0954. The lowest BCUT2D eigenvalue weighted by Gasteiger charge is -2.23. The first kappa shape index (κ1) is 16.8. The average Bonchev–Trinajstić information content (AvgIpc) is 2.50. The van der Waals surface area contributed by atoms with Crippen molar-refractivity contribution >= 4 is 21.4 Å². The molecule has 0 saturated carbocycles. The molecule has 122 valence electrons. The average molecular weight is 342 g/mol. The molecule has 0 aliphatic carbocycles. The van der Waals surface area contributed by atoms with E-state index < -0.39 is 26.6 Å². The Balaban J connectivity index is 2.48. The van der Waals surface area contributed by atoms with Gasteiger partial charge in [-0.05, 0) is 31.2 Å². The van der Waals surface area contributed by atoms with Crippen molar-refractivity contribution in [1.29, 1.82) is 0 Å². The van der Waals surface area contributed by atoms with Gasteiger partial charge < -0.3 is 0 Å². The van der Waals surface area contributed by atoms with Crippen LogP contribution in [0.4, 0.5) is 20.2 Å². The van der Waals surface area contributed by atoms with E-state index in [0.717, 1.165) is 40.7 Å². The minimum Gasteiger partial charge on any atom is -0.264 e. The third-order valence-corrected chi connectivity index (χ3v) is 5.00. The van der Waals surface area contributed by atoms with E-state index >= 15 is 0 Å². The van der Waals surface area contributed by atoms with E-state index in [9.17, 15) is 27.3 Å². The molecule has 9 heteroatoms. The van der Waals surface area contributed by atoms with Gasteiger partial charge in [0, 0.05) is 24.7 Å². The summed E-state index contributed by atoms with van der Waals surface area (Å²) in [5.74, 6) is -1.84. The Kier molecular flexibility index (Phi) is 4.60. The maximum Gasteiger partial charge on any atom is 0.269 e. The minimum atomic E-state index is -4.13. The number of hydrogen-bond acceptors (Lipinski definition) is 4. The van der Waals surface area contributed by atoms with Gasteiger partial charge in [0.15, 0.2) is 0 Å². The zero-order valence-corrected chi connectivity index (χ0v) is 12.8. The summed E-state index contributed by atoms with van der Waals surface area (Å²) < 4.78 is 52.8. The van der Waals surface area contributed by atoms with Gasteiger partial charge in [-0.1, -0.05) is 0 Å². The molecule has 0 spiro atoms. The van der Waals surface area contributed by atoms with Crippen molar-refractivity contribution < 1.29 is 22.1 Å². The van der Waals surface area contributed by atoms with E-state index in [4.69, 9.17) is 0 Å². The summed E-state index contributed by atoms with van der Waals surface area (Å²) in [6.07, 6.45) is 0. The van der Waals surface area contributed by atoms with Crippen LogP contribution in [0.3, 0.4) is 0 Å². The van der Waals surface area contributed by atoms with Gasteiger partial charge in [-0.2, -0.15) is 0 Å². The number of anilines is 1. The predicted molar refractivity (Wildman–Crippen MR) is 79.7 cm³/mol. The van der Waals surface area contributed by atoms with Gasteiger partial charge in [0.1, 0.15) is 11.6 Å². The fourth-order valence-electron chi connectivity index (χ4n) is 2.02. The van der Waals surface area contributed by atoms with Crippen LogP contribution in [0.1, 0.15) is 6.92 Å².